The van der Waals surface area contributed by atoms with E-state index in [4.69, 9.17) is 4.74 Å². The summed E-state index contributed by atoms with van der Waals surface area (Å²) in [6.07, 6.45) is -1.19. The Bertz CT molecular complexity index is 1100. The van der Waals surface area contributed by atoms with Crippen LogP contribution < -0.4 is 5.32 Å². The Labute approximate surface area is 196 Å². The zero-order chi connectivity index (χ0) is 23.8. The van der Waals surface area contributed by atoms with Gasteiger partial charge in [-0.25, -0.2) is 4.79 Å². The Morgan fingerprint density at radius 2 is 1.73 bits per heavy atom. The lowest BCUT2D eigenvalue weighted by Crippen LogP contribution is -2.35. The molecule has 0 fully saturated rings. The van der Waals surface area contributed by atoms with Crippen LogP contribution in [0.1, 0.15) is 18.1 Å². The molecule has 3 N–H and O–H groups in total. The number of carbonyl (C=O) groups is 2. The summed E-state index contributed by atoms with van der Waals surface area (Å²) in [6.45, 7) is 1.40. The molecule has 3 atom stereocenters. The average Bonchev–Trinajstić information content (AvgIpc) is 3.33. The predicted molar refractivity (Wildman–Crippen MR) is 129 cm³/mol. The minimum absolute atomic E-state index is 0.0221. The van der Waals surface area contributed by atoms with E-state index in [1.54, 1.807) is 23.5 Å². The first kappa shape index (κ1) is 24.7. The Morgan fingerprint density at radius 3 is 2.33 bits per heavy atom. The highest BCUT2D eigenvalue weighted by Gasteiger charge is 2.35. The second-order valence-corrected chi connectivity index (χ2v) is 11.2. The average molecular weight is 488 g/mol. The predicted octanol–water partition coefficient (Wildman–Crippen LogP) is 5.20. The number of thiophene rings is 1. The summed E-state index contributed by atoms with van der Waals surface area (Å²) in [5.74, 6) is -3.38. The highest BCUT2D eigenvalue weighted by atomic mass is 32.1. The molecule has 3 rings (SSSR count). The summed E-state index contributed by atoms with van der Waals surface area (Å²) in [5.41, 5.74) is 3.64. The van der Waals surface area contributed by atoms with Crippen molar-refractivity contribution in [2.24, 2.45) is 5.92 Å². The summed E-state index contributed by atoms with van der Waals surface area (Å²) in [4.78, 5) is 34.3. The van der Waals surface area contributed by atoms with E-state index in [1.165, 1.54) is 6.92 Å². The number of rotatable bonds is 10. The highest BCUT2D eigenvalue weighted by Crippen LogP contribution is 2.47. The second kappa shape index (κ2) is 11.3. The van der Waals surface area contributed by atoms with E-state index >= 15 is 0 Å². The minimum Gasteiger partial charge on any atom is -0.481 e. The lowest BCUT2D eigenvalue weighted by Gasteiger charge is -2.23. The van der Waals surface area contributed by atoms with Crippen LogP contribution in [-0.4, -0.2) is 34.0 Å². The van der Waals surface area contributed by atoms with Gasteiger partial charge in [0.05, 0.1) is 5.92 Å². The molecule has 1 aromatic heterocycles. The molecule has 33 heavy (non-hydrogen) atoms. The second-order valence-electron chi connectivity index (χ2n) is 7.77. The van der Waals surface area contributed by atoms with E-state index in [0.717, 1.165) is 22.3 Å². The first-order chi connectivity index (χ1) is 15.7. The van der Waals surface area contributed by atoms with Gasteiger partial charge in [0.25, 0.3) is 0 Å². The van der Waals surface area contributed by atoms with E-state index in [2.05, 4.69) is 5.32 Å². The van der Waals surface area contributed by atoms with Gasteiger partial charge in [-0.3, -0.25) is 9.36 Å². The van der Waals surface area contributed by atoms with Gasteiger partial charge in [-0.2, -0.15) is 11.3 Å². The standard InChI is InChI=1S/C24H26NO6PS/c1-17(25-24(28)31-14-19-5-3-2-4-6-19)32(29,30)15-22(23(26)27)13-18-7-9-20(10-8-18)21-11-12-33-16-21/h2-12,16-17,22H,13-15H2,1H3,(H,25,28)(H,26,27)(H,29,30). The van der Waals surface area contributed by atoms with Crippen molar-refractivity contribution in [3.8, 4) is 11.1 Å². The topological polar surface area (TPSA) is 113 Å². The van der Waals surface area contributed by atoms with Crippen molar-refractivity contribution in [3.05, 3.63) is 82.6 Å². The molecule has 2 aromatic carbocycles. The molecule has 0 aliphatic carbocycles. The third-order valence-corrected chi connectivity index (χ3v) is 8.25. The third-order valence-electron chi connectivity index (χ3n) is 5.27. The van der Waals surface area contributed by atoms with E-state index in [1.807, 2.05) is 59.3 Å². The molecule has 3 aromatic rings. The van der Waals surface area contributed by atoms with Crippen molar-refractivity contribution >= 4 is 30.8 Å². The molecule has 3 unspecified atom stereocenters. The molecule has 7 nitrogen and oxygen atoms in total. The third kappa shape index (κ3) is 7.29. The van der Waals surface area contributed by atoms with Crippen molar-refractivity contribution < 1.29 is 28.9 Å². The van der Waals surface area contributed by atoms with Crippen LogP contribution in [0.2, 0.25) is 0 Å². The largest absolute Gasteiger partial charge is 0.481 e. The van der Waals surface area contributed by atoms with Crippen LogP contribution in [0.15, 0.2) is 71.4 Å². The molecule has 0 bridgehead atoms. The highest BCUT2D eigenvalue weighted by molar-refractivity contribution is 7.58. The van der Waals surface area contributed by atoms with Gasteiger partial charge in [-0.1, -0.05) is 54.6 Å². The summed E-state index contributed by atoms with van der Waals surface area (Å²) in [6, 6.07) is 18.5. The smallest absolute Gasteiger partial charge is 0.408 e. The van der Waals surface area contributed by atoms with Crippen LogP contribution >= 0.6 is 18.7 Å². The van der Waals surface area contributed by atoms with E-state index in [0.29, 0.717) is 0 Å². The van der Waals surface area contributed by atoms with Gasteiger partial charge >= 0.3 is 12.1 Å². The fraction of sp³-hybridized carbons (Fsp3) is 0.250. The molecule has 1 heterocycles. The summed E-state index contributed by atoms with van der Waals surface area (Å²) >= 11 is 1.59. The number of ether oxygens (including phenoxy) is 1. The summed E-state index contributed by atoms with van der Waals surface area (Å²) in [5, 5.41) is 16.0. The minimum atomic E-state index is -4.02. The molecule has 0 radical (unpaired) electrons. The monoisotopic (exact) mass is 487 g/mol. The molecule has 0 aliphatic rings. The summed E-state index contributed by atoms with van der Waals surface area (Å²) < 4.78 is 17.9. The van der Waals surface area contributed by atoms with Crippen molar-refractivity contribution in [2.45, 2.75) is 25.7 Å². The Balaban J connectivity index is 1.57. The fourth-order valence-corrected chi connectivity index (χ4v) is 5.49. The quantitative estimate of drug-likeness (QED) is 0.339. The van der Waals surface area contributed by atoms with Crippen LogP contribution in [0.25, 0.3) is 11.1 Å². The van der Waals surface area contributed by atoms with Crippen molar-refractivity contribution in [1.29, 1.82) is 0 Å². The maximum absolute atomic E-state index is 12.9. The number of hydrogen-bond donors (Lipinski definition) is 3. The molecule has 0 saturated carbocycles. The van der Waals surface area contributed by atoms with Gasteiger partial charge in [0.2, 0.25) is 7.37 Å². The molecular formula is C24H26NO6PS. The normalized spacial score (nSPS) is 14.6. The number of amides is 1. The Kier molecular flexibility index (Phi) is 8.44. The van der Waals surface area contributed by atoms with Gasteiger partial charge in [0.1, 0.15) is 12.4 Å². The summed E-state index contributed by atoms with van der Waals surface area (Å²) in [7, 11) is -4.02. The molecule has 9 heteroatoms. The van der Waals surface area contributed by atoms with E-state index in [-0.39, 0.29) is 13.0 Å². The molecule has 1 amide bonds. The molecule has 0 aliphatic heterocycles. The van der Waals surface area contributed by atoms with Gasteiger partial charge in [0.15, 0.2) is 0 Å². The number of nitrogens with one attached hydrogen (secondary N) is 1. The number of carboxylic acids is 1. The van der Waals surface area contributed by atoms with Gasteiger partial charge in [0, 0.05) is 6.16 Å². The lowest BCUT2D eigenvalue weighted by molar-refractivity contribution is -0.141. The number of alkyl carbamates (subject to hydrolysis) is 1. The number of benzene rings is 2. The number of aliphatic carboxylic acids is 1. The zero-order valence-corrected chi connectivity index (χ0v) is 19.8. The van der Waals surface area contributed by atoms with Crippen LogP contribution in [0.4, 0.5) is 4.79 Å². The van der Waals surface area contributed by atoms with Crippen molar-refractivity contribution in [3.63, 3.8) is 0 Å². The Hall–Kier alpha value is -2.93. The molecule has 0 spiro atoms. The van der Waals surface area contributed by atoms with E-state index < -0.39 is 37.3 Å². The van der Waals surface area contributed by atoms with Crippen molar-refractivity contribution in [2.75, 3.05) is 6.16 Å². The number of carboxylic acid groups (broad SMARTS) is 1. The first-order valence-corrected chi connectivity index (χ1v) is 13.2. The van der Waals surface area contributed by atoms with E-state index in [9.17, 15) is 24.2 Å². The first-order valence-electron chi connectivity index (χ1n) is 10.4. The molecule has 174 valence electrons. The lowest BCUT2D eigenvalue weighted by atomic mass is 9.99. The van der Waals surface area contributed by atoms with Crippen LogP contribution in [0.5, 0.6) is 0 Å². The van der Waals surface area contributed by atoms with Gasteiger partial charge < -0.3 is 20.1 Å². The maximum atomic E-state index is 12.9. The van der Waals surface area contributed by atoms with Crippen molar-refractivity contribution in [1.82, 2.24) is 5.32 Å². The molecular weight excluding hydrogens is 461 g/mol. The maximum Gasteiger partial charge on any atom is 0.408 e. The van der Waals surface area contributed by atoms with Gasteiger partial charge in [-0.05, 0) is 52.4 Å². The zero-order valence-electron chi connectivity index (χ0n) is 18.1. The SMILES string of the molecule is CC(NC(=O)OCc1ccccc1)P(=O)(O)CC(Cc1ccc(-c2ccsc2)cc1)C(=O)O. The van der Waals surface area contributed by atoms with Crippen LogP contribution in [0.3, 0.4) is 0 Å². The number of carbonyl (C=O) groups excluding carboxylic acids is 1. The molecule has 0 saturated heterocycles. The van der Waals surface area contributed by atoms with Gasteiger partial charge in [-0.15, -0.1) is 0 Å². The fourth-order valence-electron chi connectivity index (χ4n) is 3.29. The number of hydrogen-bond acceptors (Lipinski definition) is 5. The van der Waals surface area contributed by atoms with Crippen LogP contribution in [-0.2, 0) is 27.1 Å². The van der Waals surface area contributed by atoms with Crippen LogP contribution in [0, 0.1) is 5.92 Å². The Morgan fingerprint density at radius 1 is 1.03 bits per heavy atom.